The van der Waals surface area contributed by atoms with Crippen molar-refractivity contribution in [3.8, 4) is 5.75 Å². The Morgan fingerprint density at radius 1 is 1.30 bits per heavy atom. The average molecular weight is 357 g/mol. The van der Waals surface area contributed by atoms with Crippen LogP contribution in [0.1, 0.15) is 5.69 Å². The van der Waals surface area contributed by atoms with Crippen LogP contribution in [0.2, 0.25) is 10.0 Å². The maximum atomic E-state index is 12.1. The Morgan fingerprint density at radius 2 is 2.04 bits per heavy atom. The molecule has 0 unspecified atom stereocenters. The Balaban J connectivity index is 2.19. The molecule has 1 aromatic heterocycles. The smallest absolute Gasteiger partial charge is 0.244 e. The lowest BCUT2D eigenvalue weighted by atomic mass is 10.3. The SMILES string of the molecule is COc1cn(CC(=O)Nc2ccc(Cl)c(Cl)c2)c(CO)cc1=O. The van der Waals surface area contributed by atoms with Crippen molar-refractivity contribution in [1.29, 1.82) is 0 Å². The minimum atomic E-state index is -0.376. The number of amides is 1. The van der Waals surface area contributed by atoms with E-state index in [9.17, 15) is 14.7 Å². The zero-order chi connectivity index (χ0) is 17.0. The number of rotatable bonds is 5. The number of nitrogens with one attached hydrogen (secondary N) is 1. The molecule has 1 aromatic carbocycles. The molecule has 0 saturated heterocycles. The molecular formula is C15H14Cl2N2O4. The molecule has 1 amide bonds. The quantitative estimate of drug-likeness (QED) is 0.861. The summed E-state index contributed by atoms with van der Waals surface area (Å²) in [4.78, 5) is 23.8. The van der Waals surface area contributed by atoms with Crippen LogP contribution in [-0.2, 0) is 17.9 Å². The lowest BCUT2D eigenvalue weighted by Gasteiger charge is -2.13. The molecule has 2 N–H and O–H groups in total. The van der Waals surface area contributed by atoms with Gasteiger partial charge in [0.2, 0.25) is 11.3 Å². The third kappa shape index (κ3) is 4.25. The lowest BCUT2D eigenvalue weighted by molar-refractivity contribution is -0.116. The summed E-state index contributed by atoms with van der Waals surface area (Å²) in [6.45, 7) is -0.480. The van der Waals surface area contributed by atoms with Crippen molar-refractivity contribution in [2.24, 2.45) is 0 Å². The molecule has 122 valence electrons. The first kappa shape index (κ1) is 17.3. The van der Waals surface area contributed by atoms with Crippen LogP contribution in [0, 0.1) is 0 Å². The Morgan fingerprint density at radius 3 is 2.65 bits per heavy atom. The minimum absolute atomic E-state index is 0.0875. The van der Waals surface area contributed by atoms with Gasteiger partial charge in [0.1, 0.15) is 6.54 Å². The summed E-state index contributed by atoms with van der Waals surface area (Å²) in [5, 5.41) is 12.7. The van der Waals surface area contributed by atoms with Gasteiger partial charge in [-0.05, 0) is 18.2 Å². The van der Waals surface area contributed by atoms with Crippen molar-refractivity contribution >= 4 is 34.8 Å². The van der Waals surface area contributed by atoms with Gasteiger partial charge in [-0.25, -0.2) is 0 Å². The van der Waals surface area contributed by atoms with Crippen LogP contribution in [0.15, 0.2) is 35.3 Å². The van der Waals surface area contributed by atoms with Gasteiger partial charge in [-0.1, -0.05) is 23.2 Å². The number of carbonyl (C=O) groups is 1. The van der Waals surface area contributed by atoms with Gasteiger partial charge in [-0.15, -0.1) is 0 Å². The van der Waals surface area contributed by atoms with E-state index in [1.165, 1.54) is 30.0 Å². The van der Waals surface area contributed by atoms with Crippen LogP contribution < -0.4 is 15.5 Å². The summed E-state index contributed by atoms with van der Waals surface area (Å²) in [5.74, 6) is -0.270. The topological polar surface area (TPSA) is 80.6 Å². The second kappa shape index (κ2) is 7.50. The predicted octanol–water partition coefficient (Wildman–Crippen LogP) is 2.29. The van der Waals surface area contributed by atoms with Gasteiger partial charge < -0.3 is 19.7 Å². The number of carbonyl (C=O) groups excluding carboxylic acids is 1. The molecule has 0 radical (unpaired) electrons. The lowest BCUT2D eigenvalue weighted by Crippen LogP contribution is -2.23. The Kier molecular flexibility index (Phi) is 5.65. The van der Waals surface area contributed by atoms with E-state index in [1.54, 1.807) is 12.1 Å². The number of anilines is 1. The fourth-order valence-electron chi connectivity index (χ4n) is 1.96. The van der Waals surface area contributed by atoms with Gasteiger partial charge >= 0.3 is 0 Å². The average Bonchev–Trinajstić information content (AvgIpc) is 2.52. The molecule has 0 aliphatic rings. The Hall–Kier alpha value is -2.02. The Labute approximate surface area is 142 Å². The molecule has 23 heavy (non-hydrogen) atoms. The van der Waals surface area contributed by atoms with E-state index in [0.717, 1.165) is 0 Å². The maximum Gasteiger partial charge on any atom is 0.244 e. The van der Waals surface area contributed by atoms with Crippen LogP contribution >= 0.6 is 23.2 Å². The van der Waals surface area contributed by atoms with E-state index in [2.05, 4.69) is 5.32 Å². The molecule has 1 heterocycles. The third-order valence-corrected chi connectivity index (χ3v) is 3.82. The first-order valence-corrected chi connectivity index (χ1v) is 7.33. The van der Waals surface area contributed by atoms with Gasteiger partial charge in [0, 0.05) is 17.4 Å². The van der Waals surface area contributed by atoms with E-state index < -0.39 is 0 Å². The van der Waals surface area contributed by atoms with Gasteiger partial charge in [-0.3, -0.25) is 9.59 Å². The highest BCUT2D eigenvalue weighted by molar-refractivity contribution is 6.42. The molecule has 0 atom stereocenters. The van der Waals surface area contributed by atoms with Crippen molar-refractivity contribution in [3.63, 3.8) is 0 Å². The molecule has 0 saturated carbocycles. The number of nitrogens with zero attached hydrogens (tertiary/aromatic N) is 1. The monoisotopic (exact) mass is 356 g/mol. The molecular weight excluding hydrogens is 343 g/mol. The van der Waals surface area contributed by atoms with Crippen LogP contribution in [0.25, 0.3) is 0 Å². The summed E-state index contributed by atoms with van der Waals surface area (Å²) < 4.78 is 6.37. The van der Waals surface area contributed by atoms with E-state index in [1.807, 2.05) is 0 Å². The van der Waals surface area contributed by atoms with E-state index in [0.29, 0.717) is 21.4 Å². The minimum Gasteiger partial charge on any atom is -0.491 e. The number of ether oxygens (including phenoxy) is 1. The molecule has 0 bridgehead atoms. The summed E-state index contributed by atoms with van der Waals surface area (Å²) in [5.41, 5.74) is 0.431. The van der Waals surface area contributed by atoms with Gasteiger partial charge in [0.05, 0.1) is 30.0 Å². The van der Waals surface area contributed by atoms with Crippen LogP contribution in [0.5, 0.6) is 5.75 Å². The molecule has 0 aliphatic heterocycles. The van der Waals surface area contributed by atoms with E-state index in [4.69, 9.17) is 27.9 Å². The molecule has 2 rings (SSSR count). The van der Waals surface area contributed by atoms with Gasteiger partial charge in [0.15, 0.2) is 5.75 Å². The fourth-order valence-corrected chi connectivity index (χ4v) is 2.26. The standard InChI is InChI=1S/C15H14Cl2N2O4/c1-23-14-6-19(10(8-20)5-13(14)21)7-15(22)18-9-2-3-11(16)12(17)4-9/h2-6,20H,7-8H2,1H3,(H,18,22). The van der Waals surface area contributed by atoms with Crippen LogP contribution in [0.3, 0.4) is 0 Å². The van der Waals surface area contributed by atoms with Gasteiger partial charge in [-0.2, -0.15) is 0 Å². The van der Waals surface area contributed by atoms with E-state index in [-0.39, 0.29) is 30.2 Å². The summed E-state index contributed by atoms with van der Waals surface area (Å²) in [6, 6.07) is 5.94. The predicted molar refractivity (Wildman–Crippen MR) is 88.3 cm³/mol. The Bertz CT molecular complexity index is 790. The highest BCUT2D eigenvalue weighted by Gasteiger charge is 2.11. The van der Waals surface area contributed by atoms with Crippen molar-refractivity contribution in [2.75, 3.05) is 12.4 Å². The molecule has 2 aromatic rings. The number of hydrogen-bond acceptors (Lipinski definition) is 4. The van der Waals surface area contributed by atoms with E-state index >= 15 is 0 Å². The first-order chi connectivity index (χ1) is 10.9. The number of aliphatic hydroxyl groups is 1. The normalized spacial score (nSPS) is 10.4. The molecule has 8 heteroatoms. The number of aliphatic hydroxyl groups excluding tert-OH is 1. The number of pyridine rings is 1. The first-order valence-electron chi connectivity index (χ1n) is 6.57. The van der Waals surface area contributed by atoms with Gasteiger partial charge in [0.25, 0.3) is 0 Å². The summed E-state index contributed by atoms with van der Waals surface area (Å²) in [7, 11) is 1.36. The molecule has 0 aliphatic carbocycles. The molecule has 0 spiro atoms. The van der Waals surface area contributed by atoms with Crippen molar-refractivity contribution in [2.45, 2.75) is 13.2 Å². The second-order valence-corrected chi connectivity index (χ2v) is 5.47. The highest BCUT2D eigenvalue weighted by Crippen LogP contribution is 2.25. The molecule has 0 fully saturated rings. The maximum absolute atomic E-state index is 12.1. The highest BCUT2D eigenvalue weighted by atomic mass is 35.5. The zero-order valence-corrected chi connectivity index (χ0v) is 13.7. The second-order valence-electron chi connectivity index (χ2n) is 4.66. The van der Waals surface area contributed by atoms with Crippen LogP contribution in [0.4, 0.5) is 5.69 Å². The largest absolute Gasteiger partial charge is 0.491 e. The number of methoxy groups -OCH3 is 1. The zero-order valence-electron chi connectivity index (χ0n) is 12.2. The number of hydrogen-bond donors (Lipinski definition) is 2. The molecule has 6 nitrogen and oxygen atoms in total. The number of aromatic nitrogens is 1. The summed E-state index contributed by atoms with van der Waals surface area (Å²) >= 11 is 11.7. The third-order valence-electron chi connectivity index (χ3n) is 3.08. The number of benzene rings is 1. The van der Waals surface area contributed by atoms with Crippen molar-refractivity contribution in [1.82, 2.24) is 4.57 Å². The summed E-state index contributed by atoms with van der Waals surface area (Å²) in [6.07, 6.45) is 1.38. The van der Waals surface area contributed by atoms with Crippen molar-refractivity contribution in [3.05, 3.63) is 56.4 Å². The van der Waals surface area contributed by atoms with Crippen molar-refractivity contribution < 1.29 is 14.6 Å². The number of halogens is 2. The van der Waals surface area contributed by atoms with Crippen LogP contribution in [-0.4, -0.2) is 22.7 Å². The fraction of sp³-hybridized carbons (Fsp3) is 0.200.